The first-order valence-electron chi connectivity index (χ1n) is 13.9. The Morgan fingerprint density at radius 3 is 2.40 bits per heavy atom. The number of halogens is 1. The molecule has 3 saturated carbocycles. The van der Waals surface area contributed by atoms with E-state index in [4.69, 9.17) is 14.2 Å². The second-order valence-corrected chi connectivity index (χ2v) is 14.2. The van der Waals surface area contributed by atoms with Gasteiger partial charge in [0.05, 0.1) is 12.0 Å². The molecule has 0 spiro atoms. The molecular weight excluding hydrogens is 563 g/mol. The van der Waals surface area contributed by atoms with Gasteiger partial charge >= 0.3 is 16.2 Å². The van der Waals surface area contributed by atoms with Gasteiger partial charge in [-0.15, -0.1) is 0 Å². The SMILES string of the molecule is CC(C)(C)OC(=O)C12CC(CCOc3ccc4cc(OCc5ccccc5)c(N5CC(=O)NS5(=O)=O)c(F)c4c3)(C1)C2. The van der Waals surface area contributed by atoms with E-state index in [1.165, 1.54) is 6.07 Å². The van der Waals surface area contributed by atoms with Gasteiger partial charge in [0.1, 0.15) is 35.9 Å². The van der Waals surface area contributed by atoms with Gasteiger partial charge in [-0.25, -0.2) is 13.4 Å². The highest BCUT2D eigenvalue weighted by Crippen LogP contribution is 2.75. The van der Waals surface area contributed by atoms with E-state index in [1.807, 2.05) is 55.8 Å². The Hall–Kier alpha value is -3.86. The quantitative estimate of drug-likeness (QED) is 0.346. The van der Waals surface area contributed by atoms with Crippen molar-refractivity contribution in [1.29, 1.82) is 0 Å². The van der Waals surface area contributed by atoms with E-state index < -0.39 is 34.1 Å². The summed E-state index contributed by atoms with van der Waals surface area (Å²) < 4.78 is 61.6. The molecule has 3 aromatic rings. The fraction of sp³-hybridized carbons (Fsp3) is 0.419. The topological polar surface area (TPSA) is 111 Å². The van der Waals surface area contributed by atoms with Crippen molar-refractivity contribution in [1.82, 2.24) is 4.72 Å². The Labute approximate surface area is 244 Å². The van der Waals surface area contributed by atoms with Crippen molar-refractivity contribution in [3.05, 3.63) is 66.0 Å². The maximum atomic E-state index is 16.2. The molecule has 42 heavy (non-hydrogen) atoms. The summed E-state index contributed by atoms with van der Waals surface area (Å²) in [6, 6.07) is 15.7. The van der Waals surface area contributed by atoms with Crippen LogP contribution < -0.4 is 18.5 Å². The third kappa shape index (κ3) is 5.14. The number of hydrogen-bond acceptors (Lipinski definition) is 7. The lowest BCUT2D eigenvalue weighted by Gasteiger charge is -2.69. The Kier molecular flexibility index (Phi) is 6.64. The molecule has 4 fully saturated rings. The lowest BCUT2D eigenvalue weighted by molar-refractivity contribution is -0.238. The molecule has 0 radical (unpaired) electrons. The summed E-state index contributed by atoms with van der Waals surface area (Å²) in [6.07, 6.45) is 3.12. The van der Waals surface area contributed by atoms with Gasteiger partial charge in [-0.05, 0) is 81.0 Å². The lowest BCUT2D eigenvalue weighted by Crippen LogP contribution is -2.66. The molecule has 3 aromatic carbocycles. The van der Waals surface area contributed by atoms with Crippen LogP contribution in [-0.2, 0) is 31.1 Å². The fourth-order valence-corrected chi connectivity index (χ4v) is 7.52. The summed E-state index contributed by atoms with van der Waals surface area (Å²) >= 11 is 0. The number of nitrogens with one attached hydrogen (secondary N) is 1. The largest absolute Gasteiger partial charge is 0.494 e. The van der Waals surface area contributed by atoms with Crippen molar-refractivity contribution >= 4 is 38.5 Å². The molecular formula is C31H33FN2O7S. The average molecular weight is 597 g/mol. The van der Waals surface area contributed by atoms with Crippen LogP contribution in [0.25, 0.3) is 10.8 Å². The van der Waals surface area contributed by atoms with Crippen LogP contribution in [0.4, 0.5) is 10.1 Å². The molecule has 3 aliphatic carbocycles. The van der Waals surface area contributed by atoms with Crippen LogP contribution in [0.2, 0.25) is 0 Å². The van der Waals surface area contributed by atoms with E-state index in [9.17, 15) is 18.0 Å². The van der Waals surface area contributed by atoms with Crippen LogP contribution in [0.5, 0.6) is 11.5 Å². The molecule has 9 nitrogen and oxygen atoms in total. The van der Waals surface area contributed by atoms with E-state index in [2.05, 4.69) is 0 Å². The predicted octanol–water partition coefficient (Wildman–Crippen LogP) is 5.02. The molecule has 7 rings (SSSR count). The number of ether oxygens (including phenoxy) is 3. The minimum atomic E-state index is -4.29. The summed E-state index contributed by atoms with van der Waals surface area (Å²) in [4.78, 5) is 24.5. The van der Waals surface area contributed by atoms with Crippen LogP contribution in [0.1, 0.15) is 52.0 Å². The maximum absolute atomic E-state index is 16.2. The molecule has 1 heterocycles. The zero-order valence-electron chi connectivity index (χ0n) is 23.7. The second-order valence-electron chi connectivity index (χ2n) is 12.6. The molecule has 4 aliphatic rings. The summed E-state index contributed by atoms with van der Waals surface area (Å²) in [5.41, 5.74) is -0.321. The maximum Gasteiger partial charge on any atom is 0.326 e. The van der Waals surface area contributed by atoms with Gasteiger partial charge in [0.2, 0.25) is 0 Å². The summed E-state index contributed by atoms with van der Waals surface area (Å²) in [6.45, 7) is 5.51. The van der Waals surface area contributed by atoms with Crippen molar-refractivity contribution in [2.45, 2.75) is 58.7 Å². The average Bonchev–Trinajstić information content (AvgIpc) is 3.14. The Balaban J connectivity index is 1.19. The van der Waals surface area contributed by atoms with Gasteiger partial charge < -0.3 is 14.2 Å². The minimum absolute atomic E-state index is 0.000124. The lowest BCUT2D eigenvalue weighted by atomic mass is 9.34. The van der Waals surface area contributed by atoms with Crippen molar-refractivity contribution < 1.29 is 36.6 Å². The van der Waals surface area contributed by atoms with Crippen molar-refractivity contribution in [2.75, 3.05) is 17.5 Å². The molecule has 0 unspecified atom stereocenters. The van der Waals surface area contributed by atoms with Crippen LogP contribution in [0.3, 0.4) is 0 Å². The third-order valence-electron chi connectivity index (χ3n) is 8.17. The Morgan fingerprint density at radius 1 is 1.05 bits per heavy atom. The number of fused-ring (bicyclic) bond motifs is 1. The number of carbonyl (C=O) groups is 2. The third-order valence-corrected chi connectivity index (χ3v) is 9.55. The number of nitrogens with zero attached hydrogens (tertiary/aromatic N) is 1. The van der Waals surface area contributed by atoms with Crippen LogP contribution in [0, 0.1) is 16.6 Å². The molecule has 0 atom stereocenters. The van der Waals surface area contributed by atoms with Gasteiger partial charge in [-0.1, -0.05) is 36.4 Å². The van der Waals surface area contributed by atoms with Gasteiger partial charge in [-0.3, -0.25) is 9.59 Å². The van der Waals surface area contributed by atoms with Crippen molar-refractivity contribution in [3.8, 4) is 11.5 Å². The molecule has 11 heteroatoms. The van der Waals surface area contributed by atoms with E-state index in [1.54, 1.807) is 18.2 Å². The summed E-state index contributed by atoms with van der Waals surface area (Å²) in [5, 5.41) is 0.625. The number of benzene rings is 3. The standard InChI is InChI=1S/C31H33FN2O7S/c1-29(2,3)41-28(36)31-17-30(18-31,19-31)11-12-39-22-10-9-21-13-24(40-16-20-7-5-4-6-8-20)27(26(32)23(21)14-22)34-15-25(35)33-42(34,37)38/h4-10,13-14H,11-12,15-19H2,1-3H3,(H,33,35). The summed E-state index contributed by atoms with van der Waals surface area (Å²) in [5.74, 6) is -1.29. The molecule has 0 aromatic heterocycles. The number of carbonyl (C=O) groups excluding carboxylic acids is 2. The van der Waals surface area contributed by atoms with Crippen LogP contribution in [0.15, 0.2) is 54.6 Å². The predicted molar refractivity (Wildman–Crippen MR) is 154 cm³/mol. The fourth-order valence-electron chi connectivity index (χ4n) is 6.36. The molecule has 1 amide bonds. The Bertz CT molecular complexity index is 1670. The number of hydrogen-bond donors (Lipinski definition) is 1. The number of esters is 1. The van der Waals surface area contributed by atoms with Crippen LogP contribution in [-0.4, -0.2) is 39.0 Å². The first-order valence-corrected chi connectivity index (χ1v) is 15.3. The van der Waals surface area contributed by atoms with Gasteiger partial charge in [-0.2, -0.15) is 8.42 Å². The number of amides is 1. The molecule has 1 aliphatic heterocycles. The highest BCUT2D eigenvalue weighted by Gasteiger charge is 2.72. The zero-order valence-corrected chi connectivity index (χ0v) is 24.6. The second kappa shape index (κ2) is 9.86. The highest BCUT2D eigenvalue weighted by atomic mass is 32.2. The first-order chi connectivity index (χ1) is 19.8. The van der Waals surface area contributed by atoms with Gasteiger partial charge in [0.15, 0.2) is 5.82 Å². The van der Waals surface area contributed by atoms with E-state index >= 15 is 4.39 Å². The van der Waals surface area contributed by atoms with Gasteiger partial charge in [0, 0.05) is 5.39 Å². The zero-order chi connectivity index (χ0) is 29.9. The molecule has 222 valence electrons. The van der Waals surface area contributed by atoms with Crippen molar-refractivity contribution in [2.24, 2.45) is 10.8 Å². The molecule has 1 saturated heterocycles. The van der Waals surface area contributed by atoms with Crippen LogP contribution >= 0.6 is 0 Å². The van der Waals surface area contributed by atoms with E-state index in [0.29, 0.717) is 22.0 Å². The summed E-state index contributed by atoms with van der Waals surface area (Å²) in [7, 11) is -4.29. The molecule has 2 bridgehead atoms. The Morgan fingerprint density at radius 2 is 1.76 bits per heavy atom. The van der Waals surface area contributed by atoms with E-state index in [0.717, 1.165) is 31.2 Å². The normalized spacial score (nSPS) is 24.0. The molecule has 1 N–H and O–H groups in total. The minimum Gasteiger partial charge on any atom is -0.494 e. The number of rotatable bonds is 9. The first kappa shape index (κ1) is 28.3. The smallest absolute Gasteiger partial charge is 0.326 e. The number of anilines is 1. The highest BCUT2D eigenvalue weighted by molar-refractivity contribution is 7.92. The van der Waals surface area contributed by atoms with E-state index in [-0.39, 0.29) is 40.2 Å². The van der Waals surface area contributed by atoms with Gasteiger partial charge in [0.25, 0.3) is 5.91 Å². The monoisotopic (exact) mass is 596 g/mol. The van der Waals surface area contributed by atoms with Crippen molar-refractivity contribution in [3.63, 3.8) is 0 Å².